The summed E-state index contributed by atoms with van der Waals surface area (Å²) in [6, 6.07) is -0.228. The quantitative estimate of drug-likeness (QED) is 0.787. The van der Waals surface area contributed by atoms with E-state index in [0.717, 1.165) is 16.5 Å². The molecule has 0 aliphatic heterocycles. The number of aryl methyl sites for hydroxylation is 1. The summed E-state index contributed by atoms with van der Waals surface area (Å²) in [5.41, 5.74) is 7.78. The fourth-order valence-corrected chi connectivity index (χ4v) is 1.82. The summed E-state index contributed by atoms with van der Waals surface area (Å²) in [5, 5.41) is 8.00. The van der Waals surface area contributed by atoms with Gasteiger partial charge >= 0.3 is 0 Å². The molecule has 1 atom stereocenters. The molecule has 2 rings (SSSR count). The first-order valence-corrected chi connectivity index (χ1v) is 5.08. The third-order valence-corrected chi connectivity index (χ3v) is 3.02. The van der Waals surface area contributed by atoms with Crippen molar-refractivity contribution >= 4 is 11.3 Å². The normalized spacial score (nSPS) is 13.1. The van der Waals surface area contributed by atoms with E-state index in [1.165, 1.54) is 11.3 Å². The van der Waals surface area contributed by atoms with Gasteiger partial charge in [0.1, 0.15) is 11.9 Å². The highest BCUT2D eigenvalue weighted by atomic mass is 32.1. The van der Waals surface area contributed by atoms with E-state index in [4.69, 9.17) is 5.73 Å². The Labute approximate surface area is 85.6 Å². The SMILES string of the molecule is Cc1nnc(C(N)c2cncs2)n1C. The van der Waals surface area contributed by atoms with Crippen LogP contribution in [0.25, 0.3) is 0 Å². The minimum Gasteiger partial charge on any atom is -0.317 e. The molecule has 2 N–H and O–H groups in total. The van der Waals surface area contributed by atoms with E-state index in [0.29, 0.717) is 0 Å². The molecule has 14 heavy (non-hydrogen) atoms. The number of nitrogens with two attached hydrogens (primary N) is 1. The van der Waals surface area contributed by atoms with Crippen molar-refractivity contribution in [2.75, 3.05) is 0 Å². The predicted octanol–water partition coefficient (Wildman–Crippen LogP) is 0.628. The molecule has 0 aliphatic carbocycles. The van der Waals surface area contributed by atoms with Gasteiger partial charge in [-0.2, -0.15) is 0 Å². The van der Waals surface area contributed by atoms with E-state index >= 15 is 0 Å². The van der Waals surface area contributed by atoms with Gasteiger partial charge in [0.25, 0.3) is 0 Å². The van der Waals surface area contributed by atoms with Crippen molar-refractivity contribution in [2.24, 2.45) is 12.8 Å². The Bertz CT molecular complexity index is 419. The fraction of sp³-hybridized carbons (Fsp3) is 0.375. The van der Waals surface area contributed by atoms with Crippen LogP contribution < -0.4 is 5.73 Å². The Morgan fingerprint density at radius 3 is 2.79 bits per heavy atom. The number of aromatic nitrogens is 4. The van der Waals surface area contributed by atoms with Gasteiger partial charge in [-0.3, -0.25) is 4.98 Å². The van der Waals surface area contributed by atoms with Crippen LogP contribution in [0.4, 0.5) is 0 Å². The fourth-order valence-electron chi connectivity index (χ4n) is 1.20. The Hall–Kier alpha value is -1.27. The second-order valence-electron chi connectivity index (χ2n) is 3.05. The topological polar surface area (TPSA) is 69.6 Å². The zero-order chi connectivity index (χ0) is 10.1. The summed E-state index contributed by atoms with van der Waals surface area (Å²) < 4.78 is 1.89. The lowest BCUT2D eigenvalue weighted by Gasteiger charge is -2.07. The molecule has 0 aliphatic rings. The highest BCUT2D eigenvalue weighted by molar-refractivity contribution is 7.09. The largest absolute Gasteiger partial charge is 0.317 e. The molecule has 0 amide bonds. The first-order chi connectivity index (χ1) is 6.70. The van der Waals surface area contributed by atoms with Crippen molar-refractivity contribution < 1.29 is 0 Å². The van der Waals surface area contributed by atoms with Gasteiger partial charge in [-0.15, -0.1) is 21.5 Å². The number of hydrogen-bond donors (Lipinski definition) is 1. The summed E-state index contributed by atoms with van der Waals surface area (Å²) in [5.74, 6) is 1.63. The Morgan fingerprint density at radius 2 is 2.29 bits per heavy atom. The smallest absolute Gasteiger partial charge is 0.155 e. The van der Waals surface area contributed by atoms with Crippen LogP contribution in [0.1, 0.15) is 22.6 Å². The number of nitrogens with zero attached hydrogens (tertiary/aromatic N) is 4. The van der Waals surface area contributed by atoms with Gasteiger partial charge in [0, 0.05) is 18.1 Å². The molecule has 0 spiro atoms. The molecule has 0 saturated heterocycles. The molecule has 5 nitrogen and oxygen atoms in total. The van der Waals surface area contributed by atoms with Crippen LogP contribution in [0, 0.1) is 6.92 Å². The van der Waals surface area contributed by atoms with Crippen molar-refractivity contribution in [3.05, 3.63) is 28.2 Å². The van der Waals surface area contributed by atoms with Crippen LogP contribution in [0.5, 0.6) is 0 Å². The third kappa shape index (κ3) is 1.42. The molecular weight excluding hydrogens is 198 g/mol. The molecule has 2 aromatic heterocycles. The zero-order valence-electron chi connectivity index (χ0n) is 8.01. The molecule has 0 radical (unpaired) electrons. The summed E-state index contributed by atoms with van der Waals surface area (Å²) in [6.07, 6.45) is 1.76. The standard InChI is InChI=1S/C8H11N5S/c1-5-11-12-8(13(5)2)7(9)6-3-10-4-14-6/h3-4,7H,9H2,1-2H3. The minimum atomic E-state index is -0.228. The van der Waals surface area contributed by atoms with Crippen molar-refractivity contribution in [1.82, 2.24) is 19.7 Å². The minimum absolute atomic E-state index is 0.228. The number of thiazole rings is 1. The average molecular weight is 209 g/mol. The lowest BCUT2D eigenvalue weighted by atomic mass is 10.2. The van der Waals surface area contributed by atoms with Crippen molar-refractivity contribution in [2.45, 2.75) is 13.0 Å². The van der Waals surface area contributed by atoms with E-state index in [9.17, 15) is 0 Å². The molecule has 0 saturated carbocycles. The first-order valence-electron chi connectivity index (χ1n) is 4.20. The predicted molar refractivity (Wildman–Crippen MR) is 53.9 cm³/mol. The van der Waals surface area contributed by atoms with Gasteiger partial charge < -0.3 is 10.3 Å². The van der Waals surface area contributed by atoms with Gasteiger partial charge in [-0.25, -0.2) is 0 Å². The maximum atomic E-state index is 6.02. The average Bonchev–Trinajstić information content (AvgIpc) is 2.77. The van der Waals surface area contributed by atoms with Crippen molar-refractivity contribution in [3.8, 4) is 0 Å². The lowest BCUT2D eigenvalue weighted by Crippen LogP contribution is -2.15. The van der Waals surface area contributed by atoms with Crippen molar-refractivity contribution in [3.63, 3.8) is 0 Å². The Kier molecular flexibility index (Phi) is 2.30. The highest BCUT2D eigenvalue weighted by Crippen LogP contribution is 2.20. The molecule has 2 heterocycles. The van der Waals surface area contributed by atoms with Crippen LogP contribution in [-0.2, 0) is 7.05 Å². The van der Waals surface area contributed by atoms with Gasteiger partial charge in [-0.05, 0) is 6.92 Å². The molecular formula is C8H11N5S. The van der Waals surface area contributed by atoms with Crippen LogP contribution >= 0.6 is 11.3 Å². The number of rotatable bonds is 2. The second kappa shape index (κ2) is 3.47. The summed E-state index contributed by atoms with van der Waals surface area (Å²) in [6.45, 7) is 1.90. The van der Waals surface area contributed by atoms with Gasteiger partial charge in [0.05, 0.1) is 5.51 Å². The monoisotopic (exact) mass is 209 g/mol. The maximum absolute atomic E-state index is 6.02. The van der Waals surface area contributed by atoms with Crippen LogP contribution in [-0.4, -0.2) is 19.7 Å². The van der Waals surface area contributed by atoms with Gasteiger partial charge in [0.2, 0.25) is 0 Å². The molecule has 2 aromatic rings. The Balaban J connectivity index is 2.36. The van der Waals surface area contributed by atoms with Crippen LogP contribution in [0.2, 0.25) is 0 Å². The van der Waals surface area contributed by atoms with Gasteiger partial charge in [0.15, 0.2) is 5.82 Å². The lowest BCUT2D eigenvalue weighted by molar-refractivity contribution is 0.713. The summed E-state index contributed by atoms with van der Waals surface area (Å²) in [4.78, 5) is 4.99. The van der Waals surface area contributed by atoms with E-state index < -0.39 is 0 Å². The zero-order valence-corrected chi connectivity index (χ0v) is 8.82. The molecule has 0 bridgehead atoms. The molecule has 74 valence electrons. The van der Waals surface area contributed by atoms with E-state index in [-0.39, 0.29) is 6.04 Å². The van der Waals surface area contributed by atoms with E-state index in [1.807, 2.05) is 18.5 Å². The molecule has 0 fully saturated rings. The summed E-state index contributed by atoms with van der Waals surface area (Å²) >= 11 is 1.53. The van der Waals surface area contributed by atoms with E-state index in [2.05, 4.69) is 15.2 Å². The number of hydrogen-bond acceptors (Lipinski definition) is 5. The Morgan fingerprint density at radius 1 is 1.50 bits per heavy atom. The van der Waals surface area contributed by atoms with Gasteiger partial charge in [-0.1, -0.05) is 0 Å². The molecule has 0 aromatic carbocycles. The van der Waals surface area contributed by atoms with Crippen LogP contribution in [0.15, 0.2) is 11.7 Å². The molecule has 6 heteroatoms. The highest BCUT2D eigenvalue weighted by Gasteiger charge is 2.16. The van der Waals surface area contributed by atoms with Crippen LogP contribution in [0.3, 0.4) is 0 Å². The summed E-state index contributed by atoms with van der Waals surface area (Å²) in [7, 11) is 1.91. The second-order valence-corrected chi connectivity index (χ2v) is 3.96. The maximum Gasteiger partial charge on any atom is 0.155 e. The van der Waals surface area contributed by atoms with Crippen molar-refractivity contribution in [1.29, 1.82) is 0 Å². The third-order valence-electron chi connectivity index (χ3n) is 2.16. The first kappa shape index (κ1) is 9.29. The molecule has 1 unspecified atom stereocenters. The van der Waals surface area contributed by atoms with E-state index in [1.54, 1.807) is 11.7 Å².